The molecule has 2 heterocycles. The van der Waals surface area contributed by atoms with Gasteiger partial charge in [0.2, 0.25) is 11.7 Å². The van der Waals surface area contributed by atoms with Gasteiger partial charge in [0, 0.05) is 29.8 Å². The van der Waals surface area contributed by atoms with Crippen LogP contribution in [0.1, 0.15) is 28.2 Å². The van der Waals surface area contributed by atoms with Crippen molar-refractivity contribution in [3.8, 4) is 0 Å². The first-order valence-corrected chi connectivity index (χ1v) is 12.0. The Labute approximate surface area is 204 Å². The number of pyridine rings is 1. The summed E-state index contributed by atoms with van der Waals surface area (Å²) in [7, 11) is -4.74. The third-order valence-electron chi connectivity index (χ3n) is 5.15. The predicted molar refractivity (Wildman–Crippen MR) is 124 cm³/mol. The molecular formula is C22H23F3N6O4S. The fraction of sp³-hybridized carbons (Fsp3) is 0.273. The van der Waals surface area contributed by atoms with Gasteiger partial charge in [-0.1, -0.05) is 18.2 Å². The number of nitrogens with zero attached hydrogens (tertiary/aromatic N) is 3. The first-order valence-electron chi connectivity index (χ1n) is 10.5. The van der Waals surface area contributed by atoms with Crippen molar-refractivity contribution in [3.05, 3.63) is 81.2 Å². The standard InChI is InChI=1S/C22H23F3N6O4S/c1-13-8-9-16(15(3)28-13)11-26-19(32)12-31-14(2)10-27-20(21(31)33)29-30-36(34,35)18-7-5-4-6-17(18)22(23,24)25/h4-10,30H,11-12H2,1-3H3,(H,26,32)(H,27,29). The van der Waals surface area contributed by atoms with Crippen LogP contribution in [0.15, 0.2) is 52.3 Å². The molecule has 0 bridgehead atoms. The van der Waals surface area contributed by atoms with Gasteiger partial charge in [-0.25, -0.2) is 13.4 Å². The maximum atomic E-state index is 13.2. The Kier molecular flexibility index (Phi) is 7.79. The van der Waals surface area contributed by atoms with E-state index in [9.17, 15) is 31.2 Å². The largest absolute Gasteiger partial charge is 0.417 e. The van der Waals surface area contributed by atoms with Crippen molar-refractivity contribution in [1.29, 1.82) is 0 Å². The van der Waals surface area contributed by atoms with Gasteiger partial charge in [-0.15, -0.1) is 4.83 Å². The highest BCUT2D eigenvalue weighted by molar-refractivity contribution is 7.89. The normalized spacial score (nSPS) is 11.8. The van der Waals surface area contributed by atoms with Crippen LogP contribution < -0.4 is 21.1 Å². The maximum Gasteiger partial charge on any atom is 0.417 e. The number of carbonyl (C=O) groups is 1. The number of anilines is 1. The van der Waals surface area contributed by atoms with Crippen LogP contribution in [0, 0.1) is 20.8 Å². The van der Waals surface area contributed by atoms with Gasteiger partial charge in [0.05, 0.1) is 10.5 Å². The fourth-order valence-corrected chi connectivity index (χ4v) is 4.33. The molecular weight excluding hydrogens is 501 g/mol. The molecule has 0 fully saturated rings. The summed E-state index contributed by atoms with van der Waals surface area (Å²) in [6.07, 6.45) is -3.70. The van der Waals surface area contributed by atoms with Gasteiger partial charge in [0.15, 0.2) is 0 Å². The van der Waals surface area contributed by atoms with Crippen LogP contribution in [0.3, 0.4) is 0 Å². The number of nitrogens with one attached hydrogen (secondary N) is 3. The van der Waals surface area contributed by atoms with E-state index in [0.717, 1.165) is 39.7 Å². The highest BCUT2D eigenvalue weighted by atomic mass is 32.2. The van der Waals surface area contributed by atoms with Gasteiger partial charge >= 0.3 is 6.18 Å². The molecule has 10 nitrogen and oxygen atoms in total. The fourth-order valence-electron chi connectivity index (χ4n) is 3.25. The molecule has 0 aliphatic heterocycles. The summed E-state index contributed by atoms with van der Waals surface area (Å²) in [4.78, 5) is 34.1. The van der Waals surface area contributed by atoms with Gasteiger partial charge in [-0.2, -0.15) is 13.2 Å². The summed E-state index contributed by atoms with van der Waals surface area (Å²) >= 11 is 0. The van der Waals surface area contributed by atoms with Gasteiger partial charge < -0.3 is 5.32 Å². The first kappa shape index (κ1) is 26.8. The van der Waals surface area contributed by atoms with E-state index in [0.29, 0.717) is 11.8 Å². The summed E-state index contributed by atoms with van der Waals surface area (Å²) in [6, 6.07) is 7.22. The topological polar surface area (TPSA) is 135 Å². The SMILES string of the molecule is Cc1ccc(CNC(=O)Cn2c(C)cnc(NNS(=O)(=O)c3ccccc3C(F)(F)F)c2=O)c(C)n1. The molecule has 0 radical (unpaired) electrons. The van der Waals surface area contributed by atoms with E-state index in [-0.39, 0.29) is 6.54 Å². The first-order chi connectivity index (χ1) is 16.8. The van der Waals surface area contributed by atoms with Crippen molar-refractivity contribution in [1.82, 2.24) is 24.7 Å². The smallest absolute Gasteiger partial charge is 0.350 e. The van der Waals surface area contributed by atoms with Crippen LogP contribution in [0.5, 0.6) is 0 Å². The summed E-state index contributed by atoms with van der Waals surface area (Å²) in [6.45, 7) is 4.94. The summed E-state index contributed by atoms with van der Waals surface area (Å²) in [5.74, 6) is -1.03. The number of halogens is 3. The molecule has 0 saturated carbocycles. The van der Waals surface area contributed by atoms with Gasteiger partial charge in [-0.3, -0.25) is 24.6 Å². The molecule has 0 saturated heterocycles. The Morgan fingerprint density at radius 3 is 2.44 bits per heavy atom. The van der Waals surface area contributed by atoms with Crippen molar-refractivity contribution >= 4 is 21.7 Å². The number of aryl methyl sites for hydroxylation is 3. The third kappa shape index (κ3) is 6.26. The van der Waals surface area contributed by atoms with Crippen molar-refractivity contribution in [2.45, 2.75) is 44.9 Å². The molecule has 2 aromatic heterocycles. The molecule has 3 aromatic rings. The predicted octanol–water partition coefficient (Wildman–Crippen LogP) is 2.20. The molecule has 1 amide bonds. The van der Waals surface area contributed by atoms with E-state index in [1.54, 1.807) is 17.8 Å². The number of amides is 1. The Bertz CT molecular complexity index is 1450. The lowest BCUT2D eigenvalue weighted by Gasteiger charge is -2.15. The average Bonchev–Trinajstić information content (AvgIpc) is 2.80. The van der Waals surface area contributed by atoms with Gasteiger partial charge in [0.25, 0.3) is 15.6 Å². The van der Waals surface area contributed by atoms with E-state index in [2.05, 4.69) is 20.7 Å². The minimum Gasteiger partial charge on any atom is -0.350 e. The quantitative estimate of drug-likeness (QED) is 0.385. The molecule has 0 aliphatic rings. The summed E-state index contributed by atoms with van der Waals surface area (Å²) < 4.78 is 65.7. The number of hydrogen-bond donors (Lipinski definition) is 3. The zero-order chi connectivity index (χ0) is 26.7. The van der Waals surface area contributed by atoms with E-state index in [1.165, 1.54) is 13.1 Å². The minimum absolute atomic E-state index is 0.181. The highest BCUT2D eigenvalue weighted by Gasteiger charge is 2.37. The Hall–Kier alpha value is -3.78. The average molecular weight is 525 g/mol. The monoisotopic (exact) mass is 524 g/mol. The van der Waals surface area contributed by atoms with Gasteiger partial charge in [-0.05, 0) is 44.5 Å². The molecule has 3 N–H and O–H groups in total. The molecule has 0 spiro atoms. The van der Waals surface area contributed by atoms with Crippen LogP contribution in [-0.2, 0) is 34.1 Å². The van der Waals surface area contributed by atoms with Crippen LogP contribution in [0.2, 0.25) is 0 Å². The minimum atomic E-state index is -4.92. The summed E-state index contributed by atoms with van der Waals surface area (Å²) in [5.41, 5.74) is 2.51. The number of alkyl halides is 3. The molecule has 14 heteroatoms. The molecule has 0 aliphatic carbocycles. The lowest BCUT2D eigenvalue weighted by molar-refractivity contribution is -0.139. The van der Waals surface area contributed by atoms with E-state index in [4.69, 9.17) is 0 Å². The molecule has 1 aromatic carbocycles. The Morgan fingerprint density at radius 2 is 1.78 bits per heavy atom. The molecule has 0 atom stereocenters. The van der Waals surface area contributed by atoms with Crippen molar-refractivity contribution in [2.24, 2.45) is 0 Å². The second-order valence-corrected chi connectivity index (χ2v) is 9.49. The van der Waals surface area contributed by atoms with Crippen LogP contribution in [0.4, 0.5) is 19.0 Å². The number of aromatic nitrogens is 3. The number of benzene rings is 1. The van der Waals surface area contributed by atoms with Gasteiger partial charge in [0.1, 0.15) is 6.54 Å². The van der Waals surface area contributed by atoms with E-state index < -0.39 is 50.5 Å². The Morgan fingerprint density at radius 1 is 1.08 bits per heavy atom. The van der Waals surface area contributed by atoms with Crippen molar-refractivity contribution in [3.63, 3.8) is 0 Å². The highest BCUT2D eigenvalue weighted by Crippen LogP contribution is 2.33. The van der Waals surface area contributed by atoms with Crippen LogP contribution in [0.25, 0.3) is 0 Å². The third-order valence-corrected chi connectivity index (χ3v) is 6.46. The zero-order valence-electron chi connectivity index (χ0n) is 19.5. The number of hydrogen-bond acceptors (Lipinski definition) is 7. The van der Waals surface area contributed by atoms with Crippen LogP contribution in [-0.4, -0.2) is 28.9 Å². The number of rotatable bonds is 8. The lowest BCUT2D eigenvalue weighted by atomic mass is 10.2. The maximum absolute atomic E-state index is 13.2. The number of carbonyl (C=O) groups excluding carboxylic acids is 1. The lowest BCUT2D eigenvalue weighted by Crippen LogP contribution is -2.38. The zero-order valence-corrected chi connectivity index (χ0v) is 20.3. The Balaban J connectivity index is 1.75. The molecule has 3 rings (SSSR count). The second kappa shape index (κ2) is 10.5. The molecule has 36 heavy (non-hydrogen) atoms. The van der Waals surface area contributed by atoms with Crippen LogP contribution >= 0.6 is 0 Å². The van der Waals surface area contributed by atoms with Crippen molar-refractivity contribution < 1.29 is 26.4 Å². The molecule has 192 valence electrons. The second-order valence-electron chi connectivity index (χ2n) is 7.84. The molecule has 0 unspecified atom stereocenters. The summed E-state index contributed by atoms with van der Waals surface area (Å²) in [5, 5.41) is 2.68. The van der Waals surface area contributed by atoms with Crippen molar-refractivity contribution in [2.75, 3.05) is 5.43 Å². The van der Waals surface area contributed by atoms with E-state index >= 15 is 0 Å². The number of sulfonamides is 1. The number of hydrazine groups is 1. The van der Waals surface area contributed by atoms with E-state index in [1.807, 2.05) is 13.0 Å².